The third-order valence-electron chi connectivity index (χ3n) is 7.99. The molecule has 0 unspecified atom stereocenters. The molecule has 3 aromatic carbocycles. The van der Waals surface area contributed by atoms with E-state index in [9.17, 15) is 9.59 Å². The number of rotatable bonds is 20. The highest BCUT2D eigenvalue weighted by atomic mass is 16.6. The second-order valence-corrected chi connectivity index (χ2v) is 11.8. The first-order valence-corrected chi connectivity index (χ1v) is 16.8. The van der Waals surface area contributed by atoms with Gasteiger partial charge >= 0.3 is 11.9 Å². The fraction of sp³-hybridized carbons (Fsp3) is 0.487. The summed E-state index contributed by atoms with van der Waals surface area (Å²) in [5, 5.41) is 0. The van der Waals surface area contributed by atoms with Gasteiger partial charge in [0.25, 0.3) is 0 Å². The molecule has 0 heterocycles. The molecule has 3 rings (SSSR count). The van der Waals surface area contributed by atoms with E-state index in [0.717, 1.165) is 60.1 Å². The summed E-state index contributed by atoms with van der Waals surface area (Å²) in [6.07, 6.45) is 12.5. The van der Waals surface area contributed by atoms with Crippen LogP contribution in [-0.4, -0.2) is 31.3 Å². The van der Waals surface area contributed by atoms with Gasteiger partial charge in [-0.15, -0.1) is 0 Å². The van der Waals surface area contributed by atoms with Gasteiger partial charge in [-0.1, -0.05) is 102 Å². The Balaban J connectivity index is 1.50. The van der Waals surface area contributed by atoms with Crippen molar-refractivity contribution in [3.05, 3.63) is 77.4 Å². The molecule has 0 N–H and O–H groups in total. The Hall–Kier alpha value is -3.64. The average Bonchev–Trinajstić information content (AvgIpc) is 3.04. The third kappa shape index (κ3) is 12.0. The van der Waals surface area contributed by atoms with Crippen molar-refractivity contribution in [2.75, 3.05) is 13.2 Å². The maximum Gasteiger partial charge on any atom is 0.343 e. The standard InChI is InChI=1S/C39H52O6/c1-6-8-10-11-12-13-14-16-28-43-37-29(3)17-26-36(30(37)4)39(41)45-35-24-20-33(21-25-35)32-18-22-34(23-19-32)44-38(40)31(5)42-27-15-9-7-2/h17-26,31H,6-16,27-28H2,1-5H3/t31-/m0/s1. The van der Waals surface area contributed by atoms with Crippen molar-refractivity contribution in [3.63, 3.8) is 0 Å². The van der Waals surface area contributed by atoms with Gasteiger partial charge in [-0.25, -0.2) is 9.59 Å². The van der Waals surface area contributed by atoms with Crippen LogP contribution in [0.5, 0.6) is 17.2 Å². The smallest absolute Gasteiger partial charge is 0.343 e. The number of hydrogen-bond acceptors (Lipinski definition) is 6. The van der Waals surface area contributed by atoms with Crippen LogP contribution in [0.1, 0.15) is 113 Å². The van der Waals surface area contributed by atoms with E-state index >= 15 is 0 Å². The highest BCUT2D eigenvalue weighted by molar-refractivity contribution is 5.93. The third-order valence-corrected chi connectivity index (χ3v) is 7.99. The zero-order valence-corrected chi connectivity index (χ0v) is 28.0. The van der Waals surface area contributed by atoms with Crippen LogP contribution in [-0.2, 0) is 9.53 Å². The Bertz CT molecular complexity index is 1310. The topological polar surface area (TPSA) is 71.1 Å². The molecule has 6 nitrogen and oxygen atoms in total. The molecule has 3 aromatic rings. The van der Waals surface area contributed by atoms with Crippen molar-refractivity contribution in [2.24, 2.45) is 0 Å². The minimum absolute atomic E-state index is 0.406. The van der Waals surface area contributed by atoms with Gasteiger partial charge in [-0.2, -0.15) is 0 Å². The Kier molecular flexibility index (Phi) is 15.7. The van der Waals surface area contributed by atoms with Crippen molar-refractivity contribution < 1.29 is 28.5 Å². The number of carbonyl (C=O) groups excluding carboxylic acids is 2. The summed E-state index contributed by atoms with van der Waals surface area (Å²) in [5.74, 6) is 0.880. The first kappa shape index (κ1) is 35.8. The first-order chi connectivity index (χ1) is 21.8. The maximum absolute atomic E-state index is 13.1. The molecular formula is C39H52O6. The lowest BCUT2D eigenvalue weighted by atomic mass is 10.0. The SMILES string of the molecule is CCCCCCCCCCOc1c(C)ccc(C(=O)Oc2ccc(-c3ccc(OC(=O)[C@H](C)OCCCCC)cc3)cc2)c1C. The highest BCUT2D eigenvalue weighted by Gasteiger charge is 2.18. The summed E-state index contributed by atoms with van der Waals surface area (Å²) in [6.45, 7) is 11.2. The van der Waals surface area contributed by atoms with Gasteiger partial charge in [0.15, 0.2) is 6.10 Å². The van der Waals surface area contributed by atoms with Crippen LogP contribution >= 0.6 is 0 Å². The van der Waals surface area contributed by atoms with Crippen LogP contribution in [0.4, 0.5) is 0 Å². The predicted octanol–water partition coefficient (Wildman–Crippen LogP) is 10.2. The fourth-order valence-corrected chi connectivity index (χ4v) is 5.15. The van der Waals surface area contributed by atoms with Crippen molar-refractivity contribution >= 4 is 11.9 Å². The van der Waals surface area contributed by atoms with Crippen LogP contribution in [0.3, 0.4) is 0 Å². The minimum atomic E-state index is -0.612. The Morgan fingerprint density at radius 1 is 0.622 bits per heavy atom. The molecule has 0 aliphatic rings. The second kappa shape index (κ2) is 19.7. The molecule has 0 bridgehead atoms. The summed E-state index contributed by atoms with van der Waals surface area (Å²) in [4.78, 5) is 25.4. The van der Waals surface area contributed by atoms with E-state index in [-0.39, 0.29) is 0 Å². The van der Waals surface area contributed by atoms with Gasteiger partial charge in [-0.05, 0) is 80.6 Å². The largest absolute Gasteiger partial charge is 0.493 e. The summed E-state index contributed by atoms with van der Waals surface area (Å²) < 4.78 is 22.9. The van der Waals surface area contributed by atoms with E-state index < -0.39 is 18.0 Å². The zero-order valence-electron chi connectivity index (χ0n) is 28.0. The zero-order chi connectivity index (χ0) is 32.4. The minimum Gasteiger partial charge on any atom is -0.493 e. The summed E-state index contributed by atoms with van der Waals surface area (Å²) >= 11 is 0. The molecule has 0 aliphatic heterocycles. The first-order valence-electron chi connectivity index (χ1n) is 16.8. The predicted molar refractivity (Wildman–Crippen MR) is 181 cm³/mol. The summed E-state index contributed by atoms with van der Waals surface area (Å²) in [6, 6.07) is 18.4. The molecule has 0 aromatic heterocycles. The molecule has 0 saturated heterocycles. The molecule has 1 atom stereocenters. The monoisotopic (exact) mass is 616 g/mol. The highest BCUT2D eigenvalue weighted by Crippen LogP contribution is 2.29. The molecule has 45 heavy (non-hydrogen) atoms. The van der Waals surface area contributed by atoms with Gasteiger partial charge < -0.3 is 18.9 Å². The Morgan fingerprint density at radius 3 is 1.73 bits per heavy atom. The quantitative estimate of drug-likeness (QED) is 0.0715. The number of unbranched alkanes of at least 4 members (excludes halogenated alkanes) is 9. The molecule has 0 amide bonds. The number of ether oxygens (including phenoxy) is 4. The van der Waals surface area contributed by atoms with E-state index in [1.165, 1.54) is 38.5 Å². The lowest BCUT2D eigenvalue weighted by Crippen LogP contribution is -2.26. The van der Waals surface area contributed by atoms with Crippen molar-refractivity contribution in [1.29, 1.82) is 0 Å². The van der Waals surface area contributed by atoms with Gasteiger partial charge in [-0.3, -0.25) is 0 Å². The number of hydrogen-bond donors (Lipinski definition) is 0. The lowest BCUT2D eigenvalue weighted by Gasteiger charge is -2.15. The molecule has 0 spiro atoms. The van der Waals surface area contributed by atoms with E-state index in [0.29, 0.717) is 30.3 Å². The molecule has 0 radical (unpaired) electrons. The van der Waals surface area contributed by atoms with Crippen LogP contribution in [0.2, 0.25) is 0 Å². The number of carbonyl (C=O) groups is 2. The normalized spacial score (nSPS) is 11.7. The van der Waals surface area contributed by atoms with E-state index in [1.54, 1.807) is 37.3 Å². The molecular weight excluding hydrogens is 564 g/mol. The van der Waals surface area contributed by atoms with Gasteiger partial charge in [0.1, 0.15) is 17.2 Å². The van der Waals surface area contributed by atoms with E-state index in [2.05, 4.69) is 13.8 Å². The summed E-state index contributed by atoms with van der Waals surface area (Å²) in [7, 11) is 0. The number of esters is 2. The number of aryl methyl sites for hydroxylation is 1. The molecule has 0 saturated carbocycles. The van der Waals surface area contributed by atoms with Crippen molar-refractivity contribution in [3.8, 4) is 28.4 Å². The lowest BCUT2D eigenvalue weighted by molar-refractivity contribution is -0.146. The molecule has 0 aliphatic carbocycles. The van der Waals surface area contributed by atoms with E-state index in [1.807, 2.05) is 44.2 Å². The van der Waals surface area contributed by atoms with Crippen LogP contribution in [0.15, 0.2) is 60.7 Å². The molecule has 0 fully saturated rings. The summed E-state index contributed by atoms with van der Waals surface area (Å²) in [5.41, 5.74) is 4.21. The van der Waals surface area contributed by atoms with Crippen LogP contribution in [0, 0.1) is 13.8 Å². The van der Waals surface area contributed by atoms with Crippen molar-refractivity contribution in [1.82, 2.24) is 0 Å². The van der Waals surface area contributed by atoms with Gasteiger partial charge in [0.2, 0.25) is 0 Å². The maximum atomic E-state index is 13.1. The van der Waals surface area contributed by atoms with Crippen molar-refractivity contribution in [2.45, 2.75) is 111 Å². The molecule has 6 heteroatoms. The van der Waals surface area contributed by atoms with Gasteiger partial charge in [0, 0.05) is 12.2 Å². The molecule has 244 valence electrons. The number of benzene rings is 3. The van der Waals surface area contributed by atoms with Gasteiger partial charge in [0.05, 0.1) is 12.2 Å². The van der Waals surface area contributed by atoms with Crippen LogP contribution in [0.25, 0.3) is 11.1 Å². The van der Waals surface area contributed by atoms with E-state index in [4.69, 9.17) is 18.9 Å². The Morgan fingerprint density at radius 2 is 1.13 bits per heavy atom. The second-order valence-electron chi connectivity index (χ2n) is 11.8. The van der Waals surface area contributed by atoms with Crippen LogP contribution < -0.4 is 14.2 Å². The average molecular weight is 617 g/mol. The fourth-order valence-electron chi connectivity index (χ4n) is 5.15. The Labute approximate surface area is 270 Å².